The molecule has 0 aliphatic carbocycles. The first kappa shape index (κ1) is 32.7. The van der Waals surface area contributed by atoms with Crippen molar-refractivity contribution in [2.45, 2.75) is 80.5 Å². The standard InChI is InChI=1S/C14H14F14O2.Na/c1-2-3-4-5-6-8(15,16)10(19,20)12(23,24)14(27,28)13(25,26)11(21,22)9(17,18)7(29)30;/h2-6H2,1H3,(H,29,30);/q;+1/p-1. The van der Waals surface area contributed by atoms with E-state index in [1.807, 2.05) is 0 Å². The van der Waals surface area contributed by atoms with E-state index in [0.717, 1.165) is 0 Å². The molecule has 31 heavy (non-hydrogen) atoms. The maximum atomic E-state index is 13.5. The minimum absolute atomic E-state index is 0. The molecule has 0 saturated heterocycles. The Morgan fingerprint density at radius 2 is 0.968 bits per heavy atom. The van der Waals surface area contributed by atoms with Gasteiger partial charge in [0, 0.05) is 6.42 Å². The van der Waals surface area contributed by atoms with E-state index in [9.17, 15) is 71.4 Å². The number of hydrogen-bond acceptors (Lipinski definition) is 2. The van der Waals surface area contributed by atoms with Gasteiger partial charge in [-0.15, -0.1) is 0 Å². The molecule has 0 rings (SSSR count). The van der Waals surface area contributed by atoms with E-state index in [-0.39, 0.29) is 42.4 Å². The number of hydrogen-bond donors (Lipinski definition) is 0. The summed E-state index contributed by atoms with van der Waals surface area (Å²) < 4.78 is 186. The van der Waals surface area contributed by atoms with E-state index < -0.39 is 60.3 Å². The Balaban J connectivity index is 0. The maximum Gasteiger partial charge on any atom is 1.00 e. The summed E-state index contributed by atoms with van der Waals surface area (Å²) in [6, 6.07) is 0. The molecule has 0 unspecified atom stereocenters. The summed E-state index contributed by atoms with van der Waals surface area (Å²) in [5.41, 5.74) is 0. The first-order chi connectivity index (χ1) is 13.0. The van der Waals surface area contributed by atoms with Gasteiger partial charge in [0.1, 0.15) is 5.97 Å². The van der Waals surface area contributed by atoms with Gasteiger partial charge in [-0.25, -0.2) is 0 Å². The summed E-state index contributed by atoms with van der Waals surface area (Å²) in [7, 11) is 0. The average molecular weight is 502 g/mol. The number of unbranched alkanes of at least 4 members (excludes halogenated alkanes) is 3. The predicted molar refractivity (Wildman–Crippen MR) is 68.4 cm³/mol. The van der Waals surface area contributed by atoms with Crippen LogP contribution in [0.1, 0.15) is 39.0 Å². The Morgan fingerprint density at radius 1 is 0.613 bits per heavy atom. The van der Waals surface area contributed by atoms with E-state index in [1.54, 1.807) is 0 Å². The zero-order valence-electron chi connectivity index (χ0n) is 15.6. The zero-order valence-corrected chi connectivity index (χ0v) is 17.6. The molecule has 0 aliphatic rings. The van der Waals surface area contributed by atoms with E-state index in [1.165, 1.54) is 6.92 Å². The van der Waals surface area contributed by atoms with Crippen molar-refractivity contribution in [2.75, 3.05) is 0 Å². The van der Waals surface area contributed by atoms with E-state index in [4.69, 9.17) is 0 Å². The molecule has 2 nitrogen and oxygen atoms in total. The van der Waals surface area contributed by atoms with Gasteiger partial charge in [0.25, 0.3) is 0 Å². The summed E-state index contributed by atoms with van der Waals surface area (Å²) in [6.07, 6.45) is -3.16. The number of aliphatic carboxylic acids is 1. The van der Waals surface area contributed by atoms with Crippen LogP contribution < -0.4 is 34.7 Å². The van der Waals surface area contributed by atoms with Crippen LogP contribution in [-0.4, -0.2) is 47.4 Å². The molecule has 0 bridgehead atoms. The number of carboxylic acid groups (broad SMARTS) is 1. The van der Waals surface area contributed by atoms with Crippen LogP contribution in [0, 0.1) is 0 Å². The van der Waals surface area contributed by atoms with Gasteiger partial charge in [-0.1, -0.05) is 26.2 Å². The third-order valence-corrected chi connectivity index (χ3v) is 4.03. The molecule has 0 aromatic carbocycles. The van der Waals surface area contributed by atoms with Crippen molar-refractivity contribution in [3.8, 4) is 0 Å². The van der Waals surface area contributed by atoms with Crippen molar-refractivity contribution in [3.05, 3.63) is 0 Å². The second-order valence-corrected chi connectivity index (χ2v) is 6.25. The number of halogens is 14. The van der Waals surface area contributed by atoms with Gasteiger partial charge >= 0.3 is 71.0 Å². The smallest absolute Gasteiger partial charge is 0.544 e. The van der Waals surface area contributed by atoms with Crippen molar-refractivity contribution < 1.29 is 101 Å². The average Bonchev–Trinajstić information content (AvgIpc) is 2.57. The second-order valence-electron chi connectivity index (χ2n) is 6.25. The van der Waals surface area contributed by atoms with E-state index >= 15 is 0 Å². The van der Waals surface area contributed by atoms with Crippen LogP contribution in [0.15, 0.2) is 0 Å². The number of carboxylic acids is 1. The van der Waals surface area contributed by atoms with Gasteiger partial charge in [-0.2, -0.15) is 61.5 Å². The Bertz CT molecular complexity index is 620. The van der Waals surface area contributed by atoms with Crippen LogP contribution in [0.3, 0.4) is 0 Å². The third kappa shape index (κ3) is 5.04. The molecule has 180 valence electrons. The van der Waals surface area contributed by atoms with Crippen LogP contribution in [-0.2, 0) is 4.79 Å². The molecule has 0 atom stereocenters. The van der Waals surface area contributed by atoms with Crippen molar-refractivity contribution in [1.29, 1.82) is 0 Å². The van der Waals surface area contributed by atoms with Gasteiger partial charge in [0.2, 0.25) is 0 Å². The minimum Gasteiger partial charge on any atom is -0.544 e. The molecule has 0 amide bonds. The summed E-state index contributed by atoms with van der Waals surface area (Å²) >= 11 is 0. The first-order valence-electron chi connectivity index (χ1n) is 7.86. The van der Waals surface area contributed by atoms with Gasteiger partial charge in [0.15, 0.2) is 0 Å². The monoisotopic (exact) mass is 502 g/mol. The van der Waals surface area contributed by atoms with E-state index in [0.29, 0.717) is 6.42 Å². The van der Waals surface area contributed by atoms with Gasteiger partial charge in [0.05, 0.1) is 0 Å². The van der Waals surface area contributed by atoms with Crippen LogP contribution in [0.5, 0.6) is 0 Å². The fourth-order valence-corrected chi connectivity index (χ4v) is 2.08. The molecule has 17 heteroatoms. The predicted octanol–water partition coefficient (Wildman–Crippen LogP) is 2.16. The molecular weight excluding hydrogens is 489 g/mol. The third-order valence-electron chi connectivity index (χ3n) is 4.03. The Morgan fingerprint density at radius 3 is 1.32 bits per heavy atom. The number of rotatable bonds is 12. The Hall–Kier alpha value is -0.510. The first-order valence-corrected chi connectivity index (χ1v) is 7.86. The molecule has 0 spiro atoms. The van der Waals surface area contributed by atoms with Gasteiger partial charge in [-0.3, -0.25) is 0 Å². The zero-order chi connectivity index (χ0) is 24.6. The normalized spacial score (nSPS) is 14.9. The maximum absolute atomic E-state index is 13.5. The summed E-state index contributed by atoms with van der Waals surface area (Å²) in [5.74, 6) is -57.8. The quantitative estimate of drug-likeness (QED) is 0.233. The molecule has 0 fully saturated rings. The molecule has 0 aliphatic heterocycles. The van der Waals surface area contributed by atoms with Crippen LogP contribution in [0.4, 0.5) is 61.5 Å². The Kier molecular flexibility index (Phi) is 10.3. The number of carbonyl (C=O) groups excluding carboxylic acids is 1. The Labute approximate surface area is 187 Å². The number of carbonyl (C=O) groups is 1. The molecule has 0 aromatic heterocycles. The fourth-order valence-electron chi connectivity index (χ4n) is 2.08. The molecule has 0 aromatic rings. The van der Waals surface area contributed by atoms with Crippen molar-refractivity contribution in [3.63, 3.8) is 0 Å². The second kappa shape index (κ2) is 9.77. The molecular formula is C14H13F14NaO2. The fraction of sp³-hybridized carbons (Fsp3) is 0.929. The van der Waals surface area contributed by atoms with Crippen LogP contribution in [0.25, 0.3) is 0 Å². The summed E-state index contributed by atoms with van der Waals surface area (Å²) in [4.78, 5) is 9.84. The molecule has 0 heterocycles. The van der Waals surface area contributed by atoms with Crippen molar-refractivity contribution in [1.82, 2.24) is 0 Å². The SMILES string of the molecule is CCCCCCC(F)(F)C(F)(F)C(F)(F)C(F)(F)C(F)(F)C(F)(F)C(F)(F)C(=O)[O-].[Na+]. The van der Waals surface area contributed by atoms with Gasteiger partial charge in [-0.05, 0) is 6.42 Å². The molecule has 0 radical (unpaired) electrons. The summed E-state index contributed by atoms with van der Waals surface area (Å²) in [5, 5.41) is 9.84. The van der Waals surface area contributed by atoms with Crippen LogP contribution >= 0.6 is 0 Å². The van der Waals surface area contributed by atoms with Gasteiger partial charge < -0.3 is 9.90 Å². The van der Waals surface area contributed by atoms with Crippen LogP contribution in [0.2, 0.25) is 0 Å². The topological polar surface area (TPSA) is 40.1 Å². The summed E-state index contributed by atoms with van der Waals surface area (Å²) in [6.45, 7) is 1.49. The number of alkyl halides is 14. The molecule has 0 saturated carbocycles. The largest absolute Gasteiger partial charge is 1.00 e. The minimum atomic E-state index is -8.27. The van der Waals surface area contributed by atoms with E-state index in [2.05, 4.69) is 0 Å². The molecule has 0 N–H and O–H groups in total. The van der Waals surface area contributed by atoms with Crippen molar-refractivity contribution >= 4 is 5.97 Å². The van der Waals surface area contributed by atoms with Crippen molar-refractivity contribution in [2.24, 2.45) is 0 Å².